The van der Waals surface area contributed by atoms with E-state index in [1.807, 2.05) is 23.1 Å². The summed E-state index contributed by atoms with van der Waals surface area (Å²) < 4.78 is 0. The van der Waals surface area contributed by atoms with Gasteiger partial charge in [-0.15, -0.1) is 11.3 Å². The number of fused-ring (bicyclic) bond motifs is 3. The standard InChI is InChI=1S/C20H19N3OS/c21-17-14-11-13-6-3-8-15(13)22-19(14)25-18(17)20(24)23-10-4-7-12-5-1-2-9-16(12)23/h1-2,5,9,11H,3-4,6-8,10,21H2. The monoisotopic (exact) mass is 349 g/mol. The molecule has 3 heterocycles. The Morgan fingerprint density at radius 1 is 1.12 bits per heavy atom. The van der Waals surface area contributed by atoms with Crippen LogP contribution in [0.3, 0.4) is 0 Å². The average molecular weight is 349 g/mol. The van der Waals surface area contributed by atoms with E-state index in [1.54, 1.807) is 0 Å². The van der Waals surface area contributed by atoms with Gasteiger partial charge in [-0.3, -0.25) is 4.79 Å². The molecule has 0 radical (unpaired) electrons. The number of nitrogen functional groups attached to an aromatic ring is 1. The number of anilines is 2. The molecule has 25 heavy (non-hydrogen) atoms. The highest BCUT2D eigenvalue weighted by atomic mass is 32.1. The SMILES string of the molecule is Nc1c(C(=O)N2CCCc3ccccc32)sc2nc3c(cc12)CCC3. The largest absolute Gasteiger partial charge is 0.397 e. The van der Waals surface area contributed by atoms with Crippen molar-refractivity contribution in [3.05, 3.63) is 52.0 Å². The van der Waals surface area contributed by atoms with Gasteiger partial charge in [0.2, 0.25) is 0 Å². The van der Waals surface area contributed by atoms with E-state index in [4.69, 9.17) is 10.7 Å². The summed E-state index contributed by atoms with van der Waals surface area (Å²) in [5.74, 6) is 0.00723. The number of benzene rings is 1. The lowest BCUT2D eigenvalue weighted by Crippen LogP contribution is -2.35. The molecule has 1 aliphatic carbocycles. The van der Waals surface area contributed by atoms with Crippen molar-refractivity contribution >= 4 is 38.8 Å². The molecule has 1 aliphatic heterocycles. The van der Waals surface area contributed by atoms with Crippen molar-refractivity contribution in [2.24, 2.45) is 0 Å². The molecule has 0 unspecified atom stereocenters. The van der Waals surface area contributed by atoms with E-state index in [0.29, 0.717) is 10.6 Å². The third-order valence-corrected chi connectivity index (χ3v) is 6.40. The summed E-state index contributed by atoms with van der Waals surface area (Å²) >= 11 is 1.44. The smallest absolute Gasteiger partial charge is 0.270 e. The normalized spacial score (nSPS) is 16.1. The summed E-state index contributed by atoms with van der Waals surface area (Å²) in [6.07, 6.45) is 5.27. The molecule has 1 amide bonds. The van der Waals surface area contributed by atoms with Crippen LogP contribution in [0.15, 0.2) is 30.3 Å². The number of nitrogens with zero attached hydrogens (tertiary/aromatic N) is 2. The van der Waals surface area contributed by atoms with Crippen LogP contribution in [0.25, 0.3) is 10.2 Å². The number of hydrogen-bond acceptors (Lipinski definition) is 4. The second kappa shape index (κ2) is 5.56. The van der Waals surface area contributed by atoms with Gasteiger partial charge in [-0.25, -0.2) is 4.98 Å². The van der Waals surface area contributed by atoms with E-state index in [2.05, 4.69) is 12.1 Å². The first kappa shape index (κ1) is 14.9. The molecule has 126 valence electrons. The molecule has 1 aromatic carbocycles. The Hall–Kier alpha value is -2.40. The van der Waals surface area contributed by atoms with Gasteiger partial charge in [0, 0.05) is 23.3 Å². The third kappa shape index (κ3) is 2.26. The molecule has 5 rings (SSSR count). The highest BCUT2D eigenvalue weighted by Gasteiger charge is 2.28. The number of para-hydroxylation sites is 1. The van der Waals surface area contributed by atoms with Crippen LogP contribution in [-0.4, -0.2) is 17.4 Å². The molecule has 0 saturated heterocycles. The van der Waals surface area contributed by atoms with Crippen molar-refractivity contribution in [2.75, 3.05) is 17.2 Å². The van der Waals surface area contributed by atoms with E-state index in [9.17, 15) is 4.79 Å². The minimum Gasteiger partial charge on any atom is -0.397 e. The van der Waals surface area contributed by atoms with E-state index >= 15 is 0 Å². The summed E-state index contributed by atoms with van der Waals surface area (Å²) in [6, 6.07) is 10.3. The maximum atomic E-state index is 13.2. The fraction of sp³-hybridized carbons (Fsp3) is 0.300. The number of hydrogen-bond donors (Lipinski definition) is 1. The zero-order valence-electron chi connectivity index (χ0n) is 13.9. The van der Waals surface area contributed by atoms with Crippen molar-refractivity contribution in [3.8, 4) is 0 Å². The Bertz CT molecular complexity index is 1010. The Morgan fingerprint density at radius 2 is 1.96 bits per heavy atom. The molecule has 5 heteroatoms. The number of carbonyl (C=O) groups is 1. The van der Waals surface area contributed by atoms with Gasteiger partial charge in [-0.05, 0) is 55.4 Å². The quantitative estimate of drug-likeness (QED) is 0.723. The molecule has 4 nitrogen and oxygen atoms in total. The van der Waals surface area contributed by atoms with Crippen LogP contribution in [-0.2, 0) is 19.3 Å². The fourth-order valence-electron chi connectivity index (χ4n) is 4.02. The Labute approximate surface area is 150 Å². The number of aryl methyl sites for hydroxylation is 3. The summed E-state index contributed by atoms with van der Waals surface area (Å²) in [6.45, 7) is 0.744. The molecule has 0 spiro atoms. The van der Waals surface area contributed by atoms with Crippen molar-refractivity contribution in [2.45, 2.75) is 32.1 Å². The van der Waals surface area contributed by atoms with Crippen LogP contribution in [0.5, 0.6) is 0 Å². The lowest BCUT2D eigenvalue weighted by atomic mass is 10.0. The van der Waals surface area contributed by atoms with Crippen molar-refractivity contribution in [1.82, 2.24) is 4.98 Å². The number of carbonyl (C=O) groups excluding carboxylic acids is 1. The summed E-state index contributed by atoms with van der Waals surface area (Å²) in [5.41, 5.74) is 11.7. The number of thiophene rings is 1. The van der Waals surface area contributed by atoms with Crippen LogP contribution in [0, 0.1) is 0 Å². The molecular weight excluding hydrogens is 330 g/mol. The van der Waals surface area contributed by atoms with Gasteiger partial charge in [0.25, 0.3) is 5.91 Å². The molecule has 3 aromatic rings. The molecule has 0 saturated carbocycles. The summed E-state index contributed by atoms with van der Waals surface area (Å²) in [7, 11) is 0. The van der Waals surface area contributed by atoms with E-state index in [0.717, 1.165) is 54.6 Å². The number of rotatable bonds is 1. The lowest BCUT2D eigenvalue weighted by Gasteiger charge is -2.29. The van der Waals surface area contributed by atoms with Gasteiger partial charge in [0.05, 0.1) is 5.69 Å². The van der Waals surface area contributed by atoms with Gasteiger partial charge in [-0.1, -0.05) is 18.2 Å². The highest BCUT2D eigenvalue weighted by Crippen LogP contribution is 2.38. The van der Waals surface area contributed by atoms with Crippen LogP contribution >= 0.6 is 11.3 Å². The number of amides is 1. The minimum atomic E-state index is 0.00723. The molecule has 2 aromatic heterocycles. The zero-order chi connectivity index (χ0) is 17.0. The predicted molar refractivity (Wildman–Crippen MR) is 102 cm³/mol. The number of aromatic nitrogens is 1. The Kier molecular flexibility index (Phi) is 3.31. The van der Waals surface area contributed by atoms with E-state index in [-0.39, 0.29) is 5.91 Å². The van der Waals surface area contributed by atoms with Gasteiger partial charge in [-0.2, -0.15) is 0 Å². The molecule has 0 atom stereocenters. The van der Waals surface area contributed by atoms with Gasteiger partial charge < -0.3 is 10.6 Å². The first-order valence-corrected chi connectivity index (χ1v) is 9.64. The first-order chi connectivity index (χ1) is 12.2. The van der Waals surface area contributed by atoms with E-state index < -0.39 is 0 Å². The van der Waals surface area contributed by atoms with E-state index in [1.165, 1.54) is 28.2 Å². The molecular formula is C20H19N3OS. The van der Waals surface area contributed by atoms with Crippen LogP contribution in [0.1, 0.15) is 39.3 Å². The van der Waals surface area contributed by atoms with Gasteiger partial charge >= 0.3 is 0 Å². The zero-order valence-corrected chi connectivity index (χ0v) is 14.7. The fourth-order valence-corrected chi connectivity index (χ4v) is 5.07. The maximum absolute atomic E-state index is 13.2. The minimum absolute atomic E-state index is 0.00723. The predicted octanol–water partition coefficient (Wildman–Crippen LogP) is 3.96. The lowest BCUT2D eigenvalue weighted by molar-refractivity contribution is 0.0990. The maximum Gasteiger partial charge on any atom is 0.270 e. The molecule has 2 N–H and O–H groups in total. The summed E-state index contributed by atoms with van der Waals surface area (Å²) in [5, 5.41) is 0.944. The van der Waals surface area contributed by atoms with Crippen molar-refractivity contribution < 1.29 is 4.79 Å². The second-order valence-corrected chi connectivity index (χ2v) is 7.83. The van der Waals surface area contributed by atoms with Gasteiger partial charge in [0.1, 0.15) is 9.71 Å². The number of nitrogens with two attached hydrogens (primary N) is 1. The molecule has 0 bridgehead atoms. The highest BCUT2D eigenvalue weighted by molar-refractivity contribution is 7.21. The molecule has 2 aliphatic rings. The van der Waals surface area contributed by atoms with Crippen LogP contribution in [0.4, 0.5) is 11.4 Å². The Morgan fingerprint density at radius 3 is 2.88 bits per heavy atom. The third-order valence-electron chi connectivity index (χ3n) is 5.30. The van der Waals surface area contributed by atoms with Crippen LogP contribution in [0.2, 0.25) is 0 Å². The van der Waals surface area contributed by atoms with Crippen LogP contribution < -0.4 is 10.6 Å². The Balaban J connectivity index is 1.60. The van der Waals surface area contributed by atoms with Crippen molar-refractivity contribution in [1.29, 1.82) is 0 Å². The number of pyridine rings is 1. The topological polar surface area (TPSA) is 59.2 Å². The summed E-state index contributed by atoms with van der Waals surface area (Å²) in [4.78, 5) is 21.4. The van der Waals surface area contributed by atoms with Gasteiger partial charge in [0.15, 0.2) is 0 Å². The molecule has 0 fully saturated rings. The first-order valence-electron chi connectivity index (χ1n) is 8.83. The van der Waals surface area contributed by atoms with Crippen molar-refractivity contribution in [3.63, 3.8) is 0 Å². The second-order valence-electron chi connectivity index (χ2n) is 6.83. The average Bonchev–Trinajstić information content (AvgIpc) is 3.23.